The van der Waals surface area contributed by atoms with Crippen LogP contribution in [0.25, 0.3) is 11.4 Å². The molecule has 7 nitrogen and oxygen atoms in total. The quantitative estimate of drug-likeness (QED) is 0.524. The van der Waals surface area contributed by atoms with E-state index in [1.54, 1.807) is 30.1 Å². The number of nitrogens with zero attached hydrogens (tertiary/aromatic N) is 5. The van der Waals surface area contributed by atoms with Crippen LogP contribution in [0.3, 0.4) is 0 Å². The zero-order valence-corrected chi connectivity index (χ0v) is 17.0. The van der Waals surface area contributed by atoms with Gasteiger partial charge in [0.2, 0.25) is 0 Å². The Balaban J connectivity index is 1.53. The molecule has 4 rings (SSSR count). The van der Waals surface area contributed by atoms with Crippen LogP contribution in [0.2, 0.25) is 5.15 Å². The number of hydrogen-bond donors (Lipinski definition) is 1. The summed E-state index contributed by atoms with van der Waals surface area (Å²) >= 11 is 6.44. The van der Waals surface area contributed by atoms with E-state index in [0.717, 1.165) is 11.3 Å². The van der Waals surface area contributed by atoms with Crippen molar-refractivity contribution in [1.29, 1.82) is 0 Å². The van der Waals surface area contributed by atoms with Crippen LogP contribution in [0, 0.1) is 12.7 Å². The lowest BCUT2D eigenvalue weighted by Crippen LogP contribution is -2.27. The van der Waals surface area contributed by atoms with Crippen molar-refractivity contribution in [3.8, 4) is 11.4 Å². The van der Waals surface area contributed by atoms with Crippen LogP contribution >= 0.6 is 11.6 Å². The molecular formula is C21H18ClFN6O. The molecule has 0 fully saturated rings. The summed E-state index contributed by atoms with van der Waals surface area (Å²) in [6.45, 7) is 3.59. The third kappa shape index (κ3) is 3.81. The molecule has 1 unspecified atom stereocenters. The molecule has 30 heavy (non-hydrogen) atoms. The normalized spacial score (nSPS) is 12.0. The second-order valence-corrected chi connectivity index (χ2v) is 7.12. The van der Waals surface area contributed by atoms with E-state index < -0.39 is 0 Å². The van der Waals surface area contributed by atoms with Gasteiger partial charge in [-0.15, -0.1) is 0 Å². The molecule has 2 aromatic carbocycles. The van der Waals surface area contributed by atoms with E-state index in [9.17, 15) is 9.18 Å². The maximum atomic E-state index is 13.2. The highest BCUT2D eigenvalue weighted by Gasteiger charge is 2.22. The zero-order chi connectivity index (χ0) is 21.3. The molecule has 0 saturated heterocycles. The molecule has 1 N–H and O–H groups in total. The van der Waals surface area contributed by atoms with Gasteiger partial charge in [-0.25, -0.2) is 18.7 Å². The van der Waals surface area contributed by atoms with E-state index in [4.69, 9.17) is 11.6 Å². The first kappa shape index (κ1) is 19.8. The summed E-state index contributed by atoms with van der Waals surface area (Å²) < 4.78 is 16.3. The Morgan fingerprint density at radius 2 is 1.77 bits per heavy atom. The van der Waals surface area contributed by atoms with Crippen molar-refractivity contribution in [1.82, 2.24) is 29.9 Å². The predicted octanol–water partition coefficient (Wildman–Crippen LogP) is 4.04. The van der Waals surface area contributed by atoms with Gasteiger partial charge >= 0.3 is 0 Å². The molecule has 0 aliphatic rings. The summed E-state index contributed by atoms with van der Waals surface area (Å²) in [5.41, 5.74) is 3.13. The van der Waals surface area contributed by atoms with Gasteiger partial charge in [0.1, 0.15) is 23.6 Å². The first-order chi connectivity index (χ1) is 14.4. The van der Waals surface area contributed by atoms with Gasteiger partial charge in [0.05, 0.1) is 28.7 Å². The first-order valence-corrected chi connectivity index (χ1v) is 9.58. The molecule has 1 amide bonds. The zero-order valence-electron chi connectivity index (χ0n) is 16.3. The minimum atomic E-state index is -0.361. The highest BCUT2D eigenvalue weighted by atomic mass is 35.5. The number of benzene rings is 2. The van der Waals surface area contributed by atoms with Gasteiger partial charge < -0.3 is 5.32 Å². The minimum absolute atomic E-state index is 0.172. The predicted molar refractivity (Wildman–Crippen MR) is 111 cm³/mol. The number of amides is 1. The van der Waals surface area contributed by atoms with E-state index in [2.05, 4.69) is 20.5 Å². The van der Waals surface area contributed by atoms with Gasteiger partial charge in [0, 0.05) is 0 Å². The molecule has 0 bridgehead atoms. The van der Waals surface area contributed by atoms with E-state index in [0.29, 0.717) is 11.4 Å². The maximum absolute atomic E-state index is 13.2. The van der Waals surface area contributed by atoms with E-state index in [1.807, 2.05) is 31.2 Å². The summed E-state index contributed by atoms with van der Waals surface area (Å²) in [5, 5.41) is 11.6. The second kappa shape index (κ2) is 8.08. The van der Waals surface area contributed by atoms with Crippen molar-refractivity contribution in [3.05, 3.63) is 89.0 Å². The molecule has 2 aromatic heterocycles. The number of carbonyl (C=O) groups excluding carboxylic acids is 1. The number of carbonyl (C=O) groups is 1. The van der Waals surface area contributed by atoms with Crippen LogP contribution in [0.4, 0.5) is 4.39 Å². The smallest absolute Gasteiger partial charge is 0.256 e. The molecule has 2 heterocycles. The van der Waals surface area contributed by atoms with Crippen molar-refractivity contribution in [2.24, 2.45) is 0 Å². The maximum Gasteiger partial charge on any atom is 0.256 e. The molecule has 9 heteroatoms. The van der Waals surface area contributed by atoms with Crippen molar-refractivity contribution < 1.29 is 9.18 Å². The van der Waals surface area contributed by atoms with Gasteiger partial charge in [-0.05, 0) is 55.8 Å². The van der Waals surface area contributed by atoms with Crippen molar-refractivity contribution in [3.63, 3.8) is 0 Å². The van der Waals surface area contributed by atoms with E-state index >= 15 is 0 Å². The molecule has 0 spiro atoms. The Hall–Kier alpha value is -3.52. The van der Waals surface area contributed by atoms with Gasteiger partial charge in [-0.1, -0.05) is 23.7 Å². The number of halogens is 2. The molecule has 0 radical (unpaired) electrons. The highest BCUT2D eigenvalue weighted by molar-refractivity contribution is 6.33. The van der Waals surface area contributed by atoms with Crippen LogP contribution < -0.4 is 5.32 Å². The first-order valence-electron chi connectivity index (χ1n) is 9.21. The molecular weight excluding hydrogens is 407 g/mol. The Labute approximate surface area is 177 Å². The monoisotopic (exact) mass is 424 g/mol. The number of rotatable bonds is 5. The summed E-state index contributed by atoms with van der Waals surface area (Å²) in [5.74, 6) is -0.695. The SMILES string of the molecule is Cc1nn(-c2ccc(F)cc2)c(Cl)c1C(=O)NC(C)c1ccc(-n2cncn2)cc1. The lowest BCUT2D eigenvalue weighted by molar-refractivity contribution is 0.0939. The van der Waals surface area contributed by atoms with E-state index in [1.165, 1.54) is 23.1 Å². The van der Waals surface area contributed by atoms with Crippen LogP contribution in [0.15, 0.2) is 61.2 Å². The lowest BCUT2D eigenvalue weighted by atomic mass is 10.1. The Morgan fingerprint density at radius 1 is 1.10 bits per heavy atom. The van der Waals surface area contributed by atoms with Gasteiger partial charge in [-0.2, -0.15) is 10.2 Å². The molecule has 152 valence electrons. The Kier molecular flexibility index (Phi) is 5.33. The van der Waals surface area contributed by atoms with Crippen molar-refractivity contribution >= 4 is 17.5 Å². The molecule has 0 aliphatic carbocycles. The number of hydrogen-bond acceptors (Lipinski definition) is 4. The minimum Gasteiger partial charge on any atom is -0.345 e. The van der Waals surface area contributed by atoms with Crippen molar-refractivity contribution in [2.45, 2.75) is 19.9 Å². The number of aryl methyl sites for hydroxylation is 1. The van der Waals surface area contributed by atoms with Crippen LogP contribution in [-0.2, 0) is 0 Å². The van der Waals surface area contributed by atoms with Gasteiger partial charge in [-0.3, -0.25) is 4.79 Å². The van der Waals surface area contributed by atoms with Crippen LogP contribution in [0.1, 0.15) is 34.6 Å². The fourth-order valence-electron chi connectivity index (χ4n) is 3.12. The van der Waals surface area contributed by atoms with Crippen LogP contribution in [0.5, 0.6) is 0 Å². The number of nitrogens with one attached hydrogen (secondary N) is 1. The Morgan fingerprint density at radius 3 is 2.40 bits per heavy atom. The van der Waals surface area contributed by atoms with Crippen LogP contribution in [-0.4, -0.2) is 30.5 Å². The third-order valence-electron chi connectivity index (χ3n) is 4.73. The second-order valence-electron chi connectivity index (χ2n) is 6.77. The Bertz CT molecular complexity index is 1170. The summed E-state index contributed by atoms with van der Waals surface area (Å²) in [6, 6.07) is 13.1. The average molecular weight is 425 g/mol. The van der Waals surface area contributed by atoms with Crippen molar-refractivity contribution in [2.75, 3.05) is 0 Å². The van der Waals surface area contributed by atoms with Gasteiger partial charge in [0.25, 0.3) is 5.91 Å². The fraction of sp³-hybridized carbons (Fsp3) is 0.143. The fourth-order valence-corrected chi connectivity index (χ4v) is 3.48. The average Bonchev–Trinajstić information content (AvgIpc) is 3.37. The van der Waals surface area contributed by atoms with E-state index in [-0.39, 0.29) is 28.5 Å². The molecule has 4 aromatic rings. The molecule has 0 aliphatic heterocycles. The standard InChI is InChI=1S/C21H18ClFN6O/c1-13(15-3-7-17(8-4-15)28-12-24-11-25-28)26-21(30)19-14(2)27-29(20(19)22)18-9-5-16(23)6-10-18/h3-13H,1-2H3,(H,26,30). The largest absolute Gasteiger partial charge is 0.345 e. The summed E-state index contributed by atoms with van der Waals surface area (Å²) in [6.07, 6.45) is 3.08. The summed E-state index contributed by atoms with van der Waals surface area (Å²) in [7, 11) is 0. The lowest BCUT2D eigenvalue weighted by Gasteiger charge is -2.15. The highest BCUT2D eigenvalue weighted by Crippen LogP contribution is 2.25. The summed E-state index contributed by atoms with van der Waals surface area (Å²) in [4.78, 5) is 16.8. The topological polar surface area (TPSA) is 77.6 Å². The molecule has 1 atom stereocenters. The van der Waals surface area contributed by atoms with Gasteiger partial charge in [0.15, 0.2) is 0 Å². The number of aromatic nitrogens is 5. The molecule has 0 saturated carbocycles. The third-order valence-corrected chi connectivity index (χ3v) is 5.08.